The van der Waals surface area contributed by atoms with Crippen LogP contribution in [0.1, 0.15) is 16.7 Å². The van der Waals surface area contributed by atoms with Crippen LogP contribution in [0.4, 0.5) is 10.1 Å². The summed E-state index contributed by atoms with van der Waals surface area (Å²) < 4.78 is 20.4. The number of hydrogen-bond acceptors (Lipinski definition) is 2. The highest BCUT2D eigenvalue weighted by Gasteiger charge is 2.23. The molecule has 0 radical (unpaired) electrons. The maximum Gasteiger partial charge on any atom is 0.256 e. The number of anilines is 1. The van der Waals surface area contributed by atoms with Crippen LogP contribution >= 0.6 is 31.9 Å². The van der Waals surface area contributed by atoms with Gasteiger partial charge in [-0.25, -0.2) is 4.39 Å². The second-order valence-corrected chi connectivity index (χ2v) is 8.00. The SMILES string of the molecule is O=C1Nc2ccccc2/C1=C\c1cc(Br)c(OCc2ccc(F)cc2)c(Br)c1. The number of ether oxygens (including phenoxy) is 1. The second kappa shape index (κ2) is 7.89. The van der Waals surface area contributed by atoms with Gasteiger partial charge in [-0.1, -0.05) is 30.3 Å². The Morgan fingerprint density at radius 2 is 1.68 bits per heavy atom. The van der Waals surface area contributed by atoms with Gasteiger partial charge in [-0.05, 0) is 79.4 Å². The van der Waals surface area contributed by atoms with Gasteiger partial charge >= 0.3 is 0 Å². The van der Waals surface area contributed by atoms with Crippen LogP contribution in [-0.4, -0.2) is 5.91 Å². The van der Waals surface area contributed by atoms with Crippen LogP contribution < -0.4 is 10.1 Å². The van der Waals surface area contributed by atoms with Crippen LogP contribution in [-0.2, 0) is 11.4 Å². The summed E-state index contributed by atoms with van der Waals surface area (Å²) in [5, 5.41) is 2.87. The lowest BCUT2D eigenvalue weighted by molar-refractivity contribution is -0.110. The Hall–Kier alpha value is -2.44. The van der Waals surface area contributed by atoms with E-state index < -0.39 is 0 Å². The predicted octanol–water partition coefficient (Wildman–Crippen LogP) is 6.42. The molecule has 0 fully saturated rings. The Morgan fingerprint density at radius 3 is 2.39 bits per heavy atom. The van der Waals surface area contributed by atoms with E-state index in [2.05, 4.69) is 37.2 Å². The van der Waals surface area contributed by atoms with Crippen LogP contribution in [0.5, 0.6) is 5.75 Å². The number of fused-ring (bicyclic) bond motifs is 1. The van der Waals surface area contributed by atoms with E-state index in [4.69, 9.17) is 4.74 Å². The lowest BCUT2D eigenvalue weighted by Crippen LogP contribution is -2.03. The van der Waals surface area contributed by atoms with Crippen LogP contribution in [0.15, 0.2) is 69.6 Å². The number of halogens is 3. The summed E-state index contributed by atoms with van der Waals surface area (Å²) in [5.41, 5.74) is 4.04. The first kappa shape index (κ1) is 18.9. The van der Waals surface area contributed by atoms with Crippen LogP contribution in [0, 0.1) is 5.82 Å². The first-order valence-electron chi connectivity index (χ1n) is 8.50. The van der Waals surface area contributed by atoms with E-state index in [1.165, 1.54) is 12.1 Å². The Labute approximate surface area is 178 Å². The molecule has 1 aliphatic heterocycles. The van der Waals surface area contributed by atoms with E-state index in [0.29, 0.717) is 17.9 Å². The molecule has 0 bridgehead atoms. The monoisotopic (exact) mass is 501 g/mol. The van der Waals surface area contributed by atoms with Crippen LogP contribution in [0.25, 0.3) is 11.6 Å². The van der Waals surface area contributed by atoms with Crippen LogP contribution in [0.2, 0.25) is 0 Å². The molecule has 0 saturated heterocycles. The van der Waals surface area contributed by atoms with Crippen molar-refractivity contribution < 1.29 is 13.9 Å². The predicted molar refractivity (Wildman–Crippen MR) is 116 cm³/mol. The molecule has 3 nitrogen and oxygen atoms in total. The first-order valence-corrected chi connectivity index (χ1v) is 10.1. The number of carbonyl (C=O) groups excluding carboxylic acids is 1. The van der Waals surface area contributed by atoms with Gasteiger partial charge in [0.15, 0.2) is 0 Å². The number of hydrogen-bond donors (Lipinski definition) is 1. The van der Waals surface area contributed by atoms with Gasteiger partial charge in [-0.3, -0.25) is 4.79 Å². The molecule has 6 heteroatoms. The van der Waals surface area contributed by atoms with Crippen molar-refractivity contribution in [1.29, 1.82) is 0 Å². The molecule has 1 N–H and O–H groups in total. The highest BCUT2D eigenvalue weighted by Crippen LogP contribution is 2.38. The van der Waals surface area contributed by atoms with Gasteiger partial charge in [-0.15, -0.1) is 0 Å². The average Bonchev–Trinajstić information content (AvgIpc) is 2.98. The lowest BCUT2D eigenvalue weighted by Gasteiger charge is -2.12. The standard InChI is InChI=1S/C22H14Br2FNO2/c23-18-10-14(9-17-16-3-1-2-4-20(16)26-22(17)27)11-19(24)21(18)28-12-13-5-7-15(25)8-6-13/h1-11H,12H2,(H,26,27)/b17-9+. The molecule has 0 aromatic heterocycles. The number of carbonyl (C=O) groups is 1. The maximum atomic E-state index is 13.0. The fourth-order valence-electron chi connectivity index (χ4n) is 2.99. The number of benzene rings is 3. The minimum atomic E-state index is -0.277. The van der Waals surface area contributed by atoms with E-state index >= 15 is 0 Å². The molecule has 0 spiro atoms. The highest BCUT2D eigenvalue weighted by atomic mass is 79.9. The van der Waals surface area contributed by atoms with Gasteiger partial charge in [0.1, 0.15) is 18.2 Å². The number of rotatable bonds is 4. The van der Waals surface area contributed by atoms with E-state index in [1.54, 1.807) is 12.1 Å². The third-order valence-electron chi connectivity index (χ3n) is 4.34. The fourth-order valence-corrected chi connectivity index (χ4v) is 4.44. The highest BCUT2D eigenvalue weighted by molar-refractivity contribution is 9.11. The molecule has 1 aliphatic rings. The number of para-hydroxylation sites is 1. The quantitative estimate of drug-likeness (QED) is 0.418. The zero-order chi connectivity index (χ0) is 19.7. The average molecular weight is 503 g/mol. The molecule has 0 atom stereocenters. The summed E-state index contributed by atoms with van der Waals surface area (Å²) >= 11 is 7.07. The number of nitrogens with one attached hydrogen (secondary N) is 1. The summed E-state index contributed by atoms with van der Waals surface area (Å²) in [6, 6.07) is 17.6. The van der Waals surface area contributed by atoms with Crippen LogP contribution in [0.3, 0.4) is 0 Å². The summed E-state index contributed by atoms with van der Waals surface area (Å²) in [5.74, 6) is 0.244. The summed E-state index contributed by atoms with van der Waals surface area (Å²) in [6.45, 7) is 0.313. The number of amides is 1. The van der Waals surface area contributed by atoms with Gasteiger partial charge in [-0.2, -0.15) is 0 Å². The molecule has 0 aliphatic carbocycles. The Bertz CT molecular complexity index is 1070. The molecule has 1 amide bonds. The van der Waals surface area contributed by atoms with Crippen molar-refractivity contribution in [2.24, 2.45) is 0 Å². The zero-order valence-corrected chi connectivity index (χ0v) is 17.7. The topological polar surface area (TPSA) is 38.3 Å². The lowest BCUT2D eigenvalue weighted by atomic mass is 10.0. The first-order chi connectivity index (χ1) is 13.5. The molecular weight excluding hydrogens is 489 g/mol. The van der Waals surface area contributed by atoms with Crippen molar-refractivity contribution in [1.82, 2.24) is 0 Å². The molecule has 1 heterocycles. The molecule has 28 heavy (non-hydrogen) atoms. The zero-order valence-electron chi connectivity index (χ0n) is 14.5. The molecule has 140 valence electrons. The normalized spacial score (nSPS) is 14.1. The van der Waals surface area contributed by atoms with Crippen molar-refractivity contribution >= 4 is 55.1 Å². The molecular formula is C22H14Br2FNO2. The molecule has 3 aromatic rings. The van der Waals surface area contributed by atoms with Gasteiger partial charge < -0.3 is 10.1 Å². The molecule has 0 saturated carbocycles. The molecule has 4 rings (SSSR count). The van der Waals surface area contributed by atoms with E-state index in [-0.39, 0.29) is 11.7 Å². The van der Waals surface area contributed by atoms with Crippen molar-refractivity contribution in [3.8, 4) is 5.75 Å². The largest absolute Gasteiger partial charge is 0.487 e. The van der Waals surface area contributed by atoms with Crippen molar-refractivity contribution in [2.75, 3.05) is 5.32 Å². The summed E-state index contributed by atoms with van der Waals surface area (Å²) in [7, 11) is 0. The molecule has 0 unspecified atom stereocenters. The van der Waals surface area contributed by atoms with Crippen molar-refractivity contribution in [3.05, 3.63) is 92.1 Å². The van der Waals surface area contributed by atoms with E-state index in [1.807, 2.05) is 42.5 Å². The Kier molecular flexibility index (Phi) is 5.33. The summed E-state index contributed by atoms with van der Waals surface area (Å²) in [6.07, 6.45) is 1.85. The Morgan fingerprint density at radius 1 is 1.00 bits per heavy atom. The van der Waals surface area contributed by atoms with Gasteiger partial charge in [0.05, 0.1) is 8.95 Å². The minimum absolute atomic E-state index is 0.120. The fraction of sp³-hybridized carbons (Fsp3) is 0.0455. The Balaban J connectivity index is 1.59. The van der Waals surface area contributed by atoms with Gasteiger partial charge in [0.2, 0.25) is 0 Å². The van der Waals surface area contributed by atoms with E-state index in [9.17, 15) is 9.18 Å². The second-order valence-electron chi connectivity index (χ2n) is 6.29. The third-order valence-corrected chi connectivity index (χ3v) is 5.52. The summed E-state index contributed by atoms with van der Waals surface area (Å²) in [4.78, 5) is 12.3. The smallest absolute Gasteiger partial charge is 0.256 e. The maximum absolute atomic E-state index is 13.0. The van der Waals surface area contributed by atoms with E-state index in [0.717, 1.165) is 31.3 Å². The van der Waals surface area contributed by atoms with Crippen molar-refractivity contribution in [3.63, 3.8) is 0 Å². The molecule has 3 aromatic carbocycles. The minimum Gasteiger partial charge on any atom is -0.487 e. The third kappa shape index (κ3) is 3.88. The van der Waals surface area contributed by atoms with Gasteiger partial charge in [0, 0.05) is 16.8 Å². The van der Waals surface area contributed by atoms with Crippen molar-refractivity contribution in [2.45, 2.75) is 6.61 Å². The van der Waals surface area contributed by atoms with Gasteiger partial charge in [0.25, 0.3) is 5.91 Å².